The zero-order chi connectivity index (χ0) is 14.2. The predicted molar refractivity (Wildman–Crippen MR) is 72.8 cm³/mol. The Morgan fingerprint density at radius 2 is 2.16 bits per heavy atom. The van der Waals surface area contributed by atoms with E-state index in [4.69, 9.17) is 5.73 Å². The minimum Gasteiger partial charge on any atom is -0.399 e. The minimum absolute atomic E-state index is 0.00823. The number of halogens is 1. The first-order chi connectivity index (χ1) is 8.87. The Hall–Kier alpha value is -1.14. The molecule has 0 bridgehead atoms. The van der Waals surface area contributed by atoms with Gasteiger partial charge in [-0.2, -0.15) is 4.31 Å². The van der Waals surface area contributed by atoms with Crippen molar-refractivity contribution >= 4 is 15.7 Å². The van der Waals surface area contributed by atoms with Crippen LogP contribution in [0.1, 0.15) is 31.7 Å². The zero-order valence-electron chi connectivity index (χ0n) is 11.2. The van der Waals surface area contributed by atoms with Gasteiger partial charge in [-0.15, -0.1) is 0 Å². The molecule has 19 heavy (non-hydrogen) atoms. The first-order valence-electron chi connectivity index (χ1n) is 6.45. The lowest BCUT2D eigenvalue weighted by atomic mass is 10.2. The summed E-state index contributed by atoms with van der Waals surface area (Å²) in [7, 11) is -3.66. The molecule has 0 saturated carbocycles. The highest BCUT2D eigenvalue weighted by molar-refractivity contribution is 7.89. The van der Waals surface area contributed by atoms with Crippen molar-refractivity contribution in [2.45, 2.75) is 44.0 Å². The third kappa shape index (κ3) is 2.47. The molecule has 1 aliphatic rings. The van der Waals surface area contributed by atoms with Crippen LogP contribution in [0.3, 0.4) is 0 Å². The van der Waals surface area contributed by atoms with Gasteiger partial charge >= 0.3 is 0 Å². The van der Waals surface area contributed by atoms with E-state index in [1.54, 1.807) is 0 Å². The van der Waals surface area contributed by atoms with Crippen molar-refractivity contribution in [2.75, 3.05) is 12.3 Å². The number of rotatable bonds is 3. The number of hydrogen-bond acceptors (Lipinski definition) is 3. The Morgan fingerprint density at radius 3 is 2.79 bits per heavy atom. The number of nitrogen functional groups attached to an aromatic ring is 1. The van der Waals surface area contributed by atoms with E-state index in [-0.39, 0.29) is 22.2 Å². The van der Waals surface area contributed by atoms with Crippen LogP contribution in [0.4, 0.5) is 10.1 Å². The molecule has 0 amide bonds. The summed E-state index contributed by atoms with van der Waals surface area (Å²) >= 11 is 0. The summed E-state index contributed by atoms with van der Waals surface area (Å²) in [5, 5.41) is 0. The molecule has 0 aliphatic carbocycles. The van der Waals surface area contributed by atoms with E-state index in [0.717, 1.165) is 25.3 Å². The molecule has 2 rings (SSSR count). The summed E-state index contributed by atoms with van der Waals surface area (Å²) in [5.74, 6) is -0.578. The van der Waals surface area contributed by atoms with Crippen LogP contribution in [-0.4, -0.2) is 25.3 Å². The summed E-state index contributed by atoms with van der Waals surface area (Å²) in [4.78, 5) is -0.00894. The molecule has 1 atom stereocenters. The Balaban J connectivity index is 2.51. The molecule has 4 nitrogen and oxygen atoms in total. The van der Waals surface area contributed by atoms with Crippen LogP contribution in [0.2, 0.25) is 0 Å². The normalized spacial score (nSPS) is 20.9. The summed E-state index contributed by atoms with van der Waals surface area (Å²) < 4.78 is 40.4. The first kappa shape index (κ1) is 14.3. The number of nitrogens with two attached hydrogens (primary N) is 1. The lowest BCUT2D eigenvalue weighted by Gasteiger charge is -2.24. The second-order valence-electron chi connectivity index (χ2n) is 4.95. The summed E-state index contributed by atoms with van der Waals surface area (Å²) in [6.45, 7) is 3.93. The largest absolute Gasteiger partial charge is 0.399 e. The Labute approximate surface area is 113 Å². The van der Waals surface area contributed by atoms with Crippen molar-refractivity contribution in [1.29, 1.82) is 0 Å². The molecule has 1 aromatic carbocycles. The smallest absolute Gasteiger partial charge is 0.243 e. The summed E-state index contributed by atoms with van der Waals surface area (Å²) in [5.41, 5.74) is 5.84. The topological polar surface area (TPSA) is 63.4 Å². The Morgan fingerprint density at radius 1 is 1.47 bits per heavy atom. The van der Waals surface area contributed by atoms with E-state index in [1.165, 1.54) is 17.3 Å². The van der Waals surface area contributed by atoms with E-state index in [9.17, 15) is 12.8 Å². The zero-order valence-corrected chi connectivity index (χ0v) is 12.0. The molecule has 1 aliphatic heterocycles. The third-order valence-corrected chi connectivity index (χ3v) is 5.78. The van der Waals surface area contributed by atoms with Crippen molar-refractivity contribution in [1.82, 2.24) is 4.31 Å². The fraction of sp³-hybridized carbons (Fsp3) is 0.538. The number of hydrogen-bond donors (Lipinski definition) is 1. The van der Waals surface area contributed by atoms with Gasteiger partial charge in [-0.05, 0) is 38.3 Å². The molecule has 0 spiro atoms. The fourth-order valence-electron chi connectivity index (χ4n) is 2.60. The van der Waals surface area contributed by atoms with Crippen LogP contribution >= 0.6 is 0 Å². The molecule has 2 N–H and O–H groups in total. The third-order valence-electron chi connectivity index (χ3n) is 3.70. The van der Waals surface area contributed by atoms with E-state index in [0.29, 0.717) is 6.54 Å². The van der Waals surface area contributed by atoms with E-state index < -0.39 is 15.8 Å². The highest BCUT2D eigenvalue weighted by atomic mass is 32.2. The lowest BCUT2D eigenvalue weighted by Crippen LogP contribution is -2.35. The monoisotopic (exact) mass is 286 g/mol. The standard InChI is InChI=1S/C13H19FN2O2S/c1-3-11-5-4-6-16(11)19(17,18)13-8-10(15)7-12(14)9(13)2/h7-8,11H,3-6,15H2,1-2H3. The maximum atomic E-state index is 13.7. The van der Waals surface area contributed by atoms with Crippen LogP contribution in [0, 0.1) is 12.7 Å². The molecule has 1 heterocycles. The van der Waals surface area contributed by atoms with Crippen LogP contribution < -0.4 is 5.73 Å². The van der Waals surface area contributed by atoms with Gasteiger partial charge in [0, 0.05) is 23.8 Å². The van der Waals surface area contributed by atoms with Crippen LogP contribution in [0.15, 0.2) is 17.0 Å². The molecule has 1 aromatic rings. The van der Waals surface area contributed by atoms with E-state index in [1.807, 2.05) is 6.92 Å². The first-order valence-corrected chi connectivity index (χ1v) is 7.89. The van der Waals surface area contributed by atoms with Crippen molar-refractivity contribution in [3.63, 3.8) is 0 Å². The van der Waals surface area contributed by atoms with Gasteiger partial charge < -0.3 is 5.73 Å². The number of sulfonamides is 1. The molecule has 1 unspecified atom stereocenters. The summed E-state index contributed by atoms with van der Waals surface area (Å²) in [6, 6.07) is 2.50. The average molecular weight is 286 g/mol. The SMILES string of the molecule is CCC1CCCN1S(=O)(=O)c1cc(N)cc(F)c1C. The molecule has 0 radical (unpaired) electrons. The van der Waals surface area contributed by atoms with Crippen molar-refractivity contribution < 1.29 is 12.8 Å². The lowest BCUT2D eigenvalue weighted by molar-refractivity contribution is 0.379. The average Bonchev–Trinajstić information content (AvgIpc) is 2.82. The molecule has 6 heteroatoms. The molecule has 0 aromatic heterocycles. The number of benzene rings is 1. The van der Waals surface area contributed by atoms with Crippen LogP contribution in [-0.2, 0) is 10.0 Å². The number of anilines is 1. The summed E-state index contributed by atoms with van der Waals surface area (Å²) in [6.07, 6.45) is 2.48. The minimum atomic E-state index is -3.66. The van der Waals surface area contributed by atoms with Gasteiger partial charge in [0.25, 0.3) is 0 Å². The van der Waals surface area contributed by atoms with Gasteiger partial charge in [-0.25, -0.2) is 12.8 Å². The Bertz CT molecular complexity index is 587. The molecular weight excluding hydrogens is 267 g/mol. The molecule has 1 saturated heterocycles. The molecule has 106 valence electrons. The van der Waals surface area contributed by atoms with Gasteiger partial charge in [0.05, 0.1) is 4.90 Å². The maximum absolute atomic E-state index is 13.7. The highest BCUT2D eigenvalue weighted by Gasteiger charge is 2.35. The van der Waals surface area contributed by atoms with Gasteiger partial charge in [0.15, 0.2) is 0 Å². The fourth-order valence-corrected chi connectivity index (χ4v) is 4.64. The quantitative estimate of drug-likeness (QED) is 0.867. The van der Waals surface area contributed by atoms with Crippen molar-refractivity contribution in [3.05, 3.63) is 23.5 Å². The second-order valence-corrected chi connectivity index (χ2v) is 6.80. The predicted octanol–water partition coefficient (Wildman–Crippen LogP) is 2.28. The van der Waals surface area contributed by atoms with Crippen molar-refractivity contribution in [2.24, 2.45) is 0 Å². The highest BCUT2D eigenvalue weighted by Crippen LogP contribution is 2.31. The van der Waals surface area contributed by atoms with Crippen LogP contribution in [0.5, 0.6) is 0 Å². The molecular formula is C13H19FN2O2S. The number of nitrogens with zero attached hydrogens (tertiary/aromatic N) is 1. The van der Waals surface area contributed by atoms with Gasteiger partial charge in [0.1, 0.15) is 5.82 Å². The van der Waals surface area contributed by atoms with Gasteiger partial charge in [-0.3, -0.25) is 0 Å². The van der Waals surface area contributed by atoms with Gasteiger partial charge in [-0.1, -0.05) is 6.92 Å². The van der Waals surface area contributed by atoms with E-state index >= 15 is 0 Å². The Kier molecular flexibility index (Phi) is 3.82. The van der Waals surface area contributed by atoms with Crippen molar-refractivity contribution in [3.8, 4) is 0 Å². The van der Waals surface area contributed by atoms with E-state index in [2.05, 4.69) is 0 Å². The molecule has 1 fully saturated rings. The van der Waals surface area contributed by atoms with Gasteiger partial charge in [0.2, 0.25) is 10.0 Å². The second kappa shape index (κ2) is 5.09. The van der Waals surface area contributed by atoms with Crippen LogP contribution in [0.25, 0.3) is 0 Å². The maximum Gasteiger partial charge on any atom is 0.243 e.